The molecule has 0 aromatic heterocycles. The highest BCUT2D eigenvalue weighted by molar-refractivity contribution is 5.80. The van der Waals surface area contributed by atoms with Gasteiger partial charge in [0.15, 0.2) is 0 Å². The van der Waals surface area contributed by atoms with Crippen molar-refractivity contribution >= 4 is 0 Å². The highest BCUT2D eigenvalue weighted by Gasteiger charge is 2.41. The molecule has 0 unspecified atom stereocenters. The summed E-state index contributed by atoms with van der Waals surface area (Å²) < 4.78 is 0. The molecule has 1 aliphatic carbocycles. The number of fused-ring (bicyclic) bond motifs is 3. The summed E-state index contributed by atoms with van der Waals surface area (Å²) in [5.74, 6) is 0. The topological polar surface area (TPSA) is 0 Å². The van der Waals surface area contributed by atoms with Crippen LogP contribution in [0.2, 0.25) is 0 Å². The van der Waals surface area contributed by atoms with Crippen LogP contribution in [0.1, 0.15) is 63.5 Å². The molecule has 3 aromatic carbocycles. The van der Waals surface area contributed by atoms with Crippen LogP contribution in [0.3, 0.4) is 0 Å². The summed E-state index contributed by atoms with van der Waals surface area (Å²) in [5.41, 5.74) is 6.36. The second-order valence-electron chi connectivity index (χ2n) is 7.54. The first-order valence-corrected chi connectivity index (χ1v) is 10.5. The fourth-order valence-electron chi connectivity index (χ4n) is 4.42. The van der Waals surface area contributed by atoms with Crippen LogP contribution in [-0.2, 0) is 5.41 Å². The van der Waals surface area contributed by atoms with Crippen molar-refractivity contribution in [3.05, 3.63) is 96.1 Å². The molecule has 0 fully saturated rings. The van der Waals surface area contributed by atoms with Crippen LogP contribution in [0.25, 0.3) is 11.1 Å². The quantitative estimate of drug-likeness (QED) is 0.419. The molecule has 140 valence electrons. The SMILES string of the molecule is CCCCC1(CCCC)c2ccccc2-c2ccccc21.c1ccccc1. The third-order valence-corrected chi connectivity index (χ3v) is 5.76. The number of benzene rings is 3. The van der Waals surface area contributed by atoms with Crippen LogP contribution in [-0.4, -0.2) is 0 Å². The van der Waals surface area contributed by atoms with Crippen molar-refractivity contribution in [3.8, 4) is 11.1 Å². The van der Waals surface area contributed by atoms with Crippen molar-refractivity contribution in [1.29, 1.82) is 0 Å². The van der Waals surface area contributed by atoms with E-state index < -0.39 is 0 Å². The van der Waals surface area contributed by atoms with Gasteiger partial charge in [-0.2, -0.15) is 0 Å². The van der Waals surface area contributed by atoms with Crippen LogP contribution >= 0.6 is 0 Å². The van der Waals surface area contributed by atoms with Crippen LogP contribution in [0.4, 0.5) is 0 Å². The molecule has 27 heavy (non-hydrogen) atoms. The molecule has 0 spiro atoms. The molecule has 0 nitrogen and oxygen atoms in total. The summed E-state index contributed by atoms with van der Waals surface area (Å²) in [6, 6.07) is 30.2. The lowest BCUT2D eigenvalue weighted by atomic mass is 9.71. The van der Waals surface area contributed by atoms with Gasteiger partial charge in [-0.3, -0.25) is 0 Å². The van der Waals surface area contributed by atoms with Gasteiger partial charge in [-0.05, 0) is 35.1 Å². The molecule has 0 heteroatoms. The number of unbranched alkanes of at least 4 members (excludes halogenated alkanes) is 2. The largest absolute Gasteiger partial charge is 0.0654 e. The summed E-state index contributed by atoms with van der Waals surface area (Å²) in [6.07, 6.45) is 7.75. The second-order valence-corrected chi connectivity index (χ2v) is 7.54. The van der Waals surface area contributed by atoms with Gasteiger partial charge >= 0.3 is 0 Å². The Kier molecular flexibility index (Phi) is 6.87. The molecule has 0 saturated carbocycles. The zero-order valence-corrected chi connectivity index (χ0v) is 16.8. The molecule has 3 aromatic rings. The van der Waals surface area contributed by atoms with E-state index in [1.54, 1.807) is 11.1 Å². The van der Waals surface area contributed by atoms with Gasteiger partial charge in [-0.15, -0.1) is 0 Å². The van der Waals surface area contributed by atoms with Crippen molar-refractivity contribution < 1.29 is 0 Å². The third kappa shape index (κ3) is 4.16. The first kappa shape index (κ1) is 19.4. The standard InChI is InChI=1S/C21H26.C6H6/c1-3-5-15-21(16-6-4-2)19-13-9-7-11-17(19)18-12-8-10-14-20(18)21;1-2-4-6-5-3-1/h7-14H,3-6,15-16H2,1-2H3;1-6H. The van der Waals surface area contributed by atoms with Gasteiger partial charge in [-0.1, -0.05) is 124 Å². The van der Waals surface area contributed by atoms with E-state index in [1.165, 1.54) is 49.7 Å². The maximum atomic E-state index is 2.38. The van der Waals surface area contributed by atoms with Crippen molar-refractivity contribution in [1.82, 2.24) is 0 Å². The molecule has 4 rings (SSSR count). The zero-order chi connectivity index (χ0) is 19.0. The van der Waals surface area contributed by atoms with E-state index in [1.807, 2.05) is 36.4 Å². The fraction of sp³-hybridized carbons (Fsp3) is 0.333. The Labute approximate surface area is 165 Å². The van der Waals surface area contributed by atoms with Crippen LogP contribution in [0.5, 0.6) is 0 Å². The third-order valence-electron chi connectivity index (χ3n) is 5.76. The average Bonchev–Trinajstić information content (AvgIpc) is 3.03. The Hall–Kier alpha value is -2.34. The van der Waals surface area contributed by atoms with Crippen LogP contribution in [0, 0.1) is 0 Å². The molecule has 0 N–H and O–H groups in total. The molecule has 0 bridgehead atoms. The fourth-order valence-corrected chi connectivity index (χ4v) is 4.42. The van der Waals surface area contributed by atoms with E-state index in [0.717, 1.165) is 0 Å². The molecular formula is C27H32. The Bertz CT molecular complexity index is 734. The number of rotatable bonds is 6. The van der Waals surface area contributed by atoms with Crippen molar-refractivity contribution in [2.45, 2.75) is 57.8 Å². The molecule has 0 amide bonds. The lowest BCUT2D eigenvalue weighted by molar-refractivity contribution is 0.414. The summed E-state index contributed by atoms with van der Waals surface area (Å²) in [5, 5.41) is 0. The summed E-state index contributed by atoms with van der Waals surface area (Å²) in [6.45, 7) is 4.61. The van der Waals surface area contributed by atoms with Crippen molar-refractivity contribution in [2.24, 2.45) is 0 Å². The smallest absolute Gasteiger partial charge is 0.0215 e. The van der Waals surface area contributed by atoms with E-state index in [4.69, 9.17) is 0 Å². The van der Waals surface area contributed by atoms with E-state index >= 15 is 0 Å². The maximum absolute atomic E-state index is 2.38. The minimum absolute atomic E-state index is 0.263. The minimum atomic E-state index is 0.263. The van der Waals surface area contributed by atoms with Gasteiger partial charge in [0.25, 0.3) is 0 Å². The Morgan fingerprint density at radius 1 is 0.519 bits per heavy atom. The highest BCUT2D eigenvalue weighted by atomic mass is 14.4. The van der Waals surface area contributed by atoms with E-state index in [-0.39, 0.29) is 5.41 Å². The average molecular weight is 357 g/mol. The van der Waals surface area contributed by atoms with Gasteiger partial charge in [0.1, 0.15) is 0 Å². The van der Waals surface area contributed by atoms with Crippen molar-refractivity contribution in [2.75, 3.05) is 0 Å². The Morgan fingerprint density at radius 2 is 0.889 bits per heavy atom. The maximum Gasteiger partial charge on any atom is 0.0215 e. The molecular weight excluding hydrogens is 324 g/mol. The summed E-state index contributed by atoms with van der Waals surface area (Å²) in [7, 11) is 0. The summed E-state index contributed by atoms with van der Waals surface area (Å²) in [4.78, 5) is 0. The molecule has 1 aliphatic rings. The lowest BCUT2D eigenvalue weighted by Gasteiger charge is -2.32. The van der Waals surface area contributed by atoms with E-state index in [9.17, 15) is 0 Å². The van der Waals surface area contributed by atoms with Gasteiger partial charge in [0, 0.05) is 5.41 Å². The van der Waals surface area contributed by atoms with Crippen LogP contribution < -0.4 is 0 Å². The first-order valence-electron chi connectivity index (χ1n) is 10.5. The first-order chi connectivity index (χ1) is 13.3. The Balaban J connectivity index is 0.000000299. The zero-order valence-electron chi connectivity index (χ0n) is 16.8. The van der Waals surface area contributed by atoms with Crippen LogP contribution in [0.15, 0.2) is 84.9 Å². The molecule has 0 radical (unpaired) electrons. The van der Waals surface area contributed by atoms with Gasteiger partial charge in [0.05, 0.1) is 0 Å². The normalized spacial score (nSPS) is 13.3. The predicted molar refractivity (Wildman–Crippen MR) is 118 cm³/mol. The number of hydrogen-bond acceptors (Lipinski definition) is 0. The molecule has 0 aliphatic heterocycles. The van der Waals surface area contributed by atoms with Gasteiger partial charge < -0.3 is 0 Å². The molecule has 0 saturated heterocycles. The van der Waals surface area contributed by atoms with Crippen molar-refractivity contribution in [3.63, 3.8) is 0 Å². The Morgan fingerprint density at radius 3 is 1.26 bits per heavy atom. The highest BCUT2D eigenvalue weighted by Crippen LogP contribution is 2.53. The van der Waals surface area contributed by atoms with E-state index in [2.05, 4.69) is 62.4 Å². The van der Waals surface area contributed by atoms with Gasteiger partial charge in [0.2, 0.25) is 0 Å². The van der Waals surface area contributed by atoms with Gasteiger partial charge in [-0.25, -0.2) is 0 Å². The van der Waals surface area contributed by atoms with E-state index in [0.29, 0.717) is 0 Å². The minimum Gasteiger partial charge on any atom is -0.0654 e. The lowest BCUT2D eigenvalue weighted by Crippen LogP contribution is -2.25. The number of hydrogen-bond donors (Lipinski definition) is 0. The monoisotopic (exact) mass is 356 g/mol. The summed E-state index contributed by atoms with van der Waals surface area (Å²) >= 11 is 0. The molecule has 0 atom stereocenters. The second kappa shape index (κ2) is 9.55. The molecule has 0 heterocycles. The predicted octanol–water partition coefficient (Wildman–Crippen LogP) is 8.02.